The lowest BCUT2D eigenvalue weighted by molar-refractivity contribution is -0.119. The highest BCUT2D eigenvalue weighted by atomic mass is 35.5. The van der Waals surface area contributed by atoms with Crippen molar-refractivity contribution in [3.63, 3.8) is 0 Å². The Balaban J connectivity index is 1.53. The van der Waals surface area contributed by atoms with Crippen molar-refractivity contribution in [1.82, 2.24) is 25.6 Å². The quantitative estimate of drug-likeness (QED) is 0.304. The van der Waals surface area contributed by atoms with E-state index in [1.807, 2.05) is 41.0 Å². The molecule has 2 aromatic heterocycles. The largest absolute Gasteiger partial charge is 0.497 e. The highest BCUT2D eigenvalue weighted by molar-refractivity contribution is 7.99. The van der Waals surface area contributed by atoms with Gasteiger partial charge in [-0.25, -0.2) is 0 Å². The zero-order chi connectivity index (χ0) is 23.2. The minimum absolute atomic E-state index is 0.0116. The molecule has 2 amide bonds. The van der Waals surface area contributed by atoms with Gasteiger partial charge in [-0.15, -0.1) is 10.2 Å². The molecular weight excluding hydrogens is 466 g/mol. The number of benzene rings is 2. The van der Waals surface area contributed by atoms with Crippen molar-refractivity contribution >= 4 is 35.2 Å². The minimum Gasteiger partial charge on any atom is -0.497 e. The van der Waals surface area contributed by atoms with Gasteiger partial charge in [0.25, 0.3) is 0 Å². The number of aromatic nitrogens is 3. The van der Waals surface area contributed by atoms with Crippen LogP contribution in [0.1, 0.15) is 10.6 Å². The van der Waals surface area contributed by atoms with Crippen molar-refractivity contribution in [3.05, 3.63) is 77.7 Å². The number of furan rings is 1. The van der Waals surface area contributed by atoms with Crippen LogP contribution in [0.2, 0.25) is 5.02 Å². The average molecular weight is 484 g/mol. The van der Waals surface area contributed by atoms with Gasteiger partial charge in [0.2, 0.25) is 5.91 Å². The highest BCUT2D eigenvalue weighted by Crippen LogP contribution is 2.30. The van der Waals surface area contributed by atoms with E-state index in [1.54, 1.807) is 25.3 Å². The molecule has 4 rings (SSSR count). The van der Waals surface area contributed by atoms with E-state index in [1.165, 1.54) is 24.1 Å². The summed E-state index contributed by atoms with van der Waals surface area (Å²) < 4.78 is 12.1. The molecule has 2 N–H and O–H groups in total. The molecule has 0 fully saturated rings. The number of carbonyl (C=O) groups excluding carboxylic acids is 2. The fraction of sp³-hybridized carbons (Fsp3) is 0.0909. The molecule has 2 heterocycles. The Hall–Kier alpha value is -3.76. The summed E-state index contributed by atoms with van der Waals surface area (Å²) in [5, 5.41) is 9.69. The second kappa shape index (κ2) is 10.2. The third kappa shape index (κ3) is 5.36. The first-order valence-corrected chi connectivity index (χ1v) is 11.0. The van der Waals surface area contributed by atoms with Gasteiger partial charge >= 0.3 is 5.91 Å². The van der Waals surface area contributed by atoms with Gasteiger partial charge in [0.05, 0.1) is 19.1 Å². The van der Waals surface area contributed by atoms with Gasteiger partial charge in [-0.2, -0.15) is 0 Å². The van der Waals surface area contributed by atoms with Crippen LogP contribution in [0.25, 0.3) is 17.1 Å². The van der Waals surface area contributed by atoms with Crippen LogP contribution in [0.5, 0.6) is 5.75 Å². The number of nitrogens with one attached hydrogen (secondary N) is 2. The SMILES string of the molecule is COc1cccc(-c2nnc(SCC(=O)NNC(=O)c3ccco3)n2-c2ccc(Cl)cc2)c1. The lowest BCUT2D eigenvalue weighted by atomic mass is 10.2. The van der Waals surface area contributed by atoms with E-state index in [2.05, 4.69) is 21.0 Å². The van der Waals surface area contributed by atoms with Gasteiger partial charge in [-0.1, -0.05) is 35.5 Å². The molecule has 2 aromatic carbocycles. The predicted molar refractivity (Wildman–Crippen MR) is 123 cm³/mol. The standard InChI is InChI=1S/C22H18ClN5O4S/c1-31-17-5-2-4-14(12-17)20-25-27-22(28(20)16-9-7-15(23)8-10-16)33-13-19(29)24-26-21(30)18-6-3-11-32-18/h2-12H,13H2,1H3,(H,24,29)(H,26,30). The second-order valence-electron chi connectivity index (χ2n) is 6.62. The highest BCUT2D eigenvalue weighted by Gasteiger charge is 2.18. The third-order valence-electron chi connectivity index (χ3n) is 4.44. The van der Waals surface area contributed by atoms with Crippen LogP contribution in [0.4, 0.5) is 0 Å². The fourth-order valence-corrected chi connectivity index (χ4v) is 3.78. The smallest absolute Gasteiger partial charge is 0.305 e. The number of hydrogen-bond acceptors (Lipinski definition) is 7. The van der Waals surface area contributed by atoms with E-state index in [0.717, 1.165) is 11.3 Å². The molecule has 33 heavy (non-hydrogen) atoms. The molecule has 0 saturated heterocycles. The molecule has 0 aliphatic carbocycles. The molecule has 0 bridgehead atoms. The van der Waals surface area contributed by atoms with Gasteiger partial charge in [-0.05, 0) is 48.5 Å². The van der Waals surface area contributed by atoms with Crippen LogP contribution >= 0.6 is 23.4 Å². The molecule has 0 unspecified atom stereocenters. The van der Waals surface area contributed by atoms with Gasteiger partial charge < -0.3 is 9.15 Å². The van der Waals surface area contributed by atoms with Crippen molar-refractivity contribution in [3.8, 4) is 22.8 Å². The first kappa shape index (κ1) is 22.4. The maximum Gasteiger partial charge on any atom is 0.305 e. The topological polar surface area (TPSA) is 111 Å². The Kier molecular flexibility index (Phi) is 6.96. The average Bonchev–Trinajstić information content (AvgIpc) is 3.52. The minimum atomic E-state index is -0.553. The summed E-state index contributed by atoms with van der Waals surface area (Å²) in [5.41, 5.74) is 6.22. The maximum atomic E-state index is 12.3. The van der Waals surface area contributed by atoms with E-state index in [0.29, 0.717) is 21.8 Å². The lowest BCUT2D eigenvalue weighted by Crippen LogP contribution is -2.42. The Morgan fingerprint density at radius 3 is 2.64 bits per heavy atom. The Morgan fingerprint density at radius 1 is 1.09 bits per heavy atom. The number of nitrogens with zero attached hydrogens (tertiary/aromatic N) is 3. The molecule has 4 aromatic rings. The van der Waals surface area contributed by atoms with E-state index >= 15 is 0 Å². The number of amides is 2. The molecule has 0 atom stereocenters. The number of thioether (sulfide) groups is 1. The number of ether oxygens (including phenoxy) is 1. The molecule has 0 aliphatic rings. The molecule has 168 valence electrons. The van der Waals surface area contributed by atoms with Crippen LogP contribution in [-0.4, -0.2) is 39.4 Å². The summed E-state index contributed by atoms with van der Waals surface area (Å²) >= 11 is 7.22. The summed E-state index contributed by atoms with van der Waals surface area (Å²) in [6.45, 7) is 0. The summed E-state index contributed by atoms with van der Waals surface area (Å²) in [4.78, 5) is 24.2. The number of hydrogen-bond donors (Lipinski definition) is 2. The van der Waals surface area contributed by atoms with Gasteiger partial charge in [0.15, 0.2) is 16.7 Å². The number of rotatable bonds is 7. The van der Waals surface area contributed by atoms with Crippen molar-refractivity contribution in [2.24, 2.45) is 0 Å². The maximum absolute atomic E-state index is 12.3. The lowest BCUT2D eigenvalue weighted by Gasteiger charge is -2.11. The third-order valence-corrected chi connectivity index (χ3v) is 5.62. The molecule has 11 heteroatoms. The Bertz CT molecular complexity index is 1260. The monoisotopic (exact) mass is 483 g/mol. The van der Waals surface area contributed by atoms with E-state index in [-0.39, 0.29) is 11.5 Å². The normalized spacial score (nSPS) is 10.6. The van der Waals surface area contributed by atoms with Crippen LogP contribution in [0.15, 0.2) is 76.5 Å². The van der Waals surface area contributed by atoms with Gasteiger partial charge in [0, 0.05) is 16.3 Å². The van der Waals surface area contributed by atoms with Crippen LogP contribution in [0, 0.1) is 0 Å². The zero-order valence-corrected chi connectivity index (χ0v) is 18.9. The summed E-state index contributed by atoms with van der Waals surface area (Å²) in [5.74, 6) is 0.358. The summed E-state index contributed by atoms with van der Waals surface area (Å²) in [6, 6.07) is 17.7. The molecule has 0 radical (unpaired) electrons. The molecule has 0 spiro atoms. The molecular formula is C22H18ClN5O4S. The van der Waals surface area contributed by atoms with Crippen LogP contribution in [0.3, 0.4) is 0 Å². The molecule has 0 aliphatic heterocycles. The number of halogens is 1. The van der Waals surface area contributed by atoms with Crippen LogP contribution < -0.4 is 15.6 Å². The Labute approximate surface area is 198 Å². The zero-order valence-electron chi connectivity index (χ0n) is 17.3. The van der Waals surface area contributed by atoms with Crippen molar-refractivity contribution in [2.75, 3.05) is 12.9 Å². The van der Waals surface area contributed by atoms with E-state index in [4.69, 9.17) is 20.8 Å². The molecule has 9 nitrogen and oxygen atoms in total. The number of carbonyl (C=O) groups is 2. The fourth-order valence-electron chi connectivity index (χ4n) is 2.90. The predicted octanol–water partition coefficient (Wildman–Crippen LogP) is 3.74. The van der Waals surface area contributed by atoms with Crippen molar-refractivity contribution in [1.29, 1.82) is 0 Å². The van der Waals surface area contributed by atoms with E-state index < -0.39 is 11.8 Å². The molecule has 0 saturated carbocycles. The van der Waals surface area contributed by atoms with E-state index in [9.17, 15) is 9.59 Å². The van der Waals surface area contributed by atoms with Gasteiger partial charge in [-0.3, -0.25) is 25.0 Å². The first-order chi connectivity index (χ1) is 16.0. The Morgan fingerprint density at radius 2 is 1.91 bits per heavy atom. The second-order valence-corrected chi connectivity index (χ2v) is 8.00. The van der Waals surface area contributed by atoms with Crippen molar-refractivity contribution < 1.29 is 18.7 Å². The first-order valence-electron chi connectivity index (χ1n) is 9.66. The van der Waals surface area contributed by atoms with Gasteiger partial charge in [0.1, 0.15) is 5.75 Å². The number of hydrazine groups is 1. The van der Waals surface area contributed by atoms with Crippen molar-refractivity contribution in [2.45, 2.75) is 5.16 Å². The summed E-state index contributed by atoms with van der Waals surface area (Å²) in [7, 11) is 1.59. The summed E-state index contributed by atoms with van der Waals surface area (Å²) in [6.07, 6.45) is 1.37. The van der Waals surface area contributed by atoms with Crippen LogP contribution in [-0.2, 0) is 4.79 Å². The number of methoxy groups -OCH3 is 1.